The first-order valence-electron chi connectivity index (χ1n) is 10.4. The summed E-state index contributed by atoms with van der Waals surface area (Å²) in [6.07, 6.45) is 1.25. The topological polar surface area (TPSA) is 88.4 Å². The Morgan fingerprint density at radius 1 is 0.844 bits per heavy atom. The molecule has 0 atom stereocenters. The number of anilines is 2. The van der Waals surface area contributed by atoms with Crippen molar-refractivity contribution in [3.8, 4) is 11.1 Å². The van der Waals surface area contributed by atoms with E-state index < -0.39 is 5.63 Å². The molecule has 160 valence electrons. The quantitative estimate of drug-likeness (QED) is 0.401. The molecule has 32 heavy (non-hydrogen) atoms. The highest BCUT2D eigenvalue weighted by Gasteiger charge is 2.10. The molecule has 1 heterocycles. The van der Waals surface area contributed by atoms with Crippen LogP contribution in [0.25, 0.3) is 22.1 Å². The van der Waals surface area contributed by atoms with Crippen molar-refractivity contribution < 1.29 is 14.0 Å². The van der Waals surface area contributed by atoms with Gasteiger partial charge in [0.1, 0.15) is 5.58 Å². The smallest absolute Gasteiger partial charge is 0.344 e. The minimum absolute atomic E-state index is 0.0372. The molecule has 1 aromatic heterocycles. The van der Waals surface area contributed by atoms with Gasteiger partial charge in [0, 0.05) is 28.7 Å². The van der Waals surface area contributed by atoms with Crippen molar-refractivity contribution in [2.45, 2.75) is 19.8 Å². The highest BCUT2D eigenvalue weighted by molar-refractivity contribution is 6.04. The predicted octanol–water partition coefficient (Wildman–Crippen LogP) is 5.45. The lowest BCUT2D eigenvalue weighted by molar-refractivity contribution is -0.116. The molecule has 0 fully saturated rings. The van der Waals surface area contributed by atoms with Crippen molar-refractivity contribution in [1.82, 2.24) is 0 Å². The normalized spacial score (nSPS) is 10.7. The van der Waals surface area contributed by atoms with E-state index in [-0.39, 0.29) is 11.8 Å². The van der Waals surface area contributed by atoms with E-state index in [1.54, 1.807) is 60.7 Å². The van der Waals surface area contributed by atoms with Crippen LogP contribution in [0.5, 0.6) is 0 Å². The molecule has 4 rings (SSSR count). The second-order valence-electron chi connectivity index (χ2n) is 7.39. The molecule has 0 spiro atoms. The van der Waals surface area contributed by atoms with Gasteiger partial charge >= 0.3 is 5.63 Å². The molecule has 0 bridgehead atoms. The lowest BCUT2D eigenvalue weighted by Crippen LogP contribution is -2.13. The molecular weight excluding hydrogens is 404 g/mol. The molecule has 0 aliphatic heterocycles. The fourth-order valence-electron chi connectivity index (χ4n) is 3.36. The second kappa shape index (κ2) is 9.31. The zero-order valence-electron chi connectivity index (χ0n) is 17.6. The lowest BCUT2D eigenvalue weighted by Gasteiger charge is -2.08. The zero-order chi connectivity index (χ0) is 22.5. The summed E-state index contributed by atoms with van der Waals surface area (Å²) in [5.74, 6) is -0.310. The molecule has 6 nitrogen and oxygen atoms in total. The number of nitrogens with one attached hydrogen (secondary N) is 2. The third-order valence-electron chi connectivity index (χ3n) is 5.00. The summed E-state index contributed by atoms with van der Waals surface area (Å²) in [6.45, 7) is 1.95. The van der Waals surface area contributed by atoms with E-state index >= 15 is 0 Å². The van der Waals surface area contributed by atoms with E-state index in [4.69, 9.17) is 4.42 Å². The maximum Gasteiger partial charge on any atom is 0.344 e. The highest BCUT2D eigenvalue weighted by Crippen LogP contribution is 2.22. The summed E-state index contributed by atoms with van der Waals surface area (Å²) in [7, 11) is 0. The molecule has 4 aromatic rings. The summed E-state index contributed by atoms with van der Waals surface area (Å²) in [5.41, 5.74) is 2.98. The van der Waals surface area contributed by atoms with E-state index in [9.17, 15) is 14.4 Å². The largest absolute Gasteiger partial charge is 0.422 e. The molecule has 0 unspecified atom stereocenters. The molecule has 0 saturated heterocycles. The van der Waals surface area contributed by atoms with Gasteiger partial charge in [-0.2, -0.15) is 0 Å². The number of benzene rings is 3. The van der Waals surface area contributed by atoms with Crippen molar-refractivity contribution in [3.63, 3.8) is 0 Å². The van der Waals surface area contributed by atoms with Crippen LogP contribution in [0.2, 0.25) is 0 Å². The monoisotopic (exact) mass is 426 g/mol. The SMILES string of the molecule is CCCC(=O)Nc1ccc(NC(=O)c2ccc(-c3cc4ccccc4oc3=O)cc2)cc1. The fourth-order valence-corrected chi connectivity index (χ4v) is 3.36. The summed E-state index contributed by atoms with van der Waals surface area (Å²) < 4.78 is 5.39. The first-order chi connectivity index (χ1) is 15.5. The molecular formula is C26H22N2O4. The van der Waals surface area contributed by atoms with Crippen molar-refractivity contribution in [3.05, 3.63) is 94.8 Å². The number of carbonyl (C=O) groups is 2. The van der Waals surface area contributed by atoms with Gasteiger partial charge in [0.25, 0.3) is 5.91 Å². The summed E-state index contributed by atoms with van der Waals surface area (Å²) in [4.78, 5) is 36.6. The molecule has 2 N–H and O–H groups in total. The highest BCUT2D eigenvalue weighted by atomic mass is 16.4. The molecule has 6 heteroatoms. The van der Waals surface area contributed by atoms with Crippen molar-refractivity contribution in [1.29, 1.82) is 0 Å². The lowest BCUT2D eigenvalue weighted by atomic mass is 10.0. The van der Waals surface area contributed by atoms with Crippen LogP contribution in [0.3, 0.4) is 0 Å². The van der Waals surface area contributed by atoms with Gasteiger partial charge in [0.05, 0.1) is 5.56 Å². The maximum absolute atomic E-state index is 12.6. The first kappa shape index (κ1) is 21.1. The van der Waals surface area contributed by atoms with E-state index in [1.165, 1.54) is 0 Å². The van der Waals surface area contributed by atoms with E-state index in [0.29, 0.717) is 40.1 Å². The number of carbonyl (C=O) groups excluding carboxylic acids is 2. The molecule has 3 aromatic carbocycles. The van der Waals surface area contributed by atoms with Gasteiger partial charge < -0.3 is 15.1 Å². The number of rotatable bonds is 6. The third kappa shape index (κ3) is 4.75. The van der Waals surface area contributed by atoms with E-state index in [0.717, 1.165) is 11.8 Å². The van der Waals surface area contributed by atoms with Gasteiger partial charge in [-0.15, -0.1) is 0 Å². The van der Waals surface area contributed by atoms with Crippen LogP contribution < -0.4 is 16.3 Å². The van der Waals surface area contributed by atoms with Crippen LogP contribution in [0.4, 0.5) is 11.4 Å². The van der Waals surface area contributed by atoms with Crippen LogP contribution in [-0.4, -0.2) is 11.8 Å². The minimum Gasteiger partial charge on any atom is -0.422 e. The molecule has 0 saturated carbocycles. The van der Waals surface area contributed by atoms with Crippen LogP contribution in [0, 0.1) is 0 Å². The Morgan fingerprint density at radius 3 is 2.19 bits per heavy atom. The van der Waals surface area contributed by atoms with Crippen molar-refractivity contribution >= 4 is 34.2 Å². The Morgan fingerprint density at radius 2 is 1.50 bits per heavy atom. The first-order valence-corrected chi connectivity index (χ1v) is 10.4. The average Bonchev–Trinajstić information content (AvgIpc) is 2.80. The Balaban J connectivity index is 1.46. The van der Waals surface area contributed by atoms with Gasteiger partial charge in [-0.3, -0.25) is 9.59 Å². The fraction of sp³-hybridized carbons (Fsp3) is 0.115. The molecule has 0 aliphatic carbocycles. The number of hydrogen-bond donors (Lipinski definition) is 2. The van der Waals surface area contributed by atoms with Crippen LogP contribution >= 0.6 is 0 Å². The standard InChI is InChI=1S/C26H22N2O4/c1-2-5-24(29)27-20-12-14-21(15-13-20)28-25(30)18-10-8-17(9-11-18)22-16-19-6-3-4-7-23(19)32-26(22)31/h3-4,6-16H,2,5H2,1H3,(H,27,29)(H,28,30). The third-order valence-corrected chi connectivity index (χ3v) is 5.00. The van der Waals surface area contributed by atoms with Gasteiger partial charge in [0.15, 0.2) is 0 Å². The maximum atomic E-state index is 12.6. The van der Waals surface area contributed by atoms with Gasteiger partial charge in [0.2, 0.25) is 5.91 Å². The van der Waals surface area contributed by atoms with Crippen molar-refractivity contribution in [2.24, 2.45) is 0 Å². The Labute approximate surface area is 184 Å². The van der Waals surface area contributed by atoms with Crippen LogP contribution in [-0.2, 0) is 4.79 Å². The Kier molecular flexibility index (Phi) is 6.12. The van der Waals surface area contributed by atoms with Gasteiger partial charge in [-0.25, -0.2) is 4.79 Å². The average molecular weight is 426 g/mol. The summed E-state index contributed by atoms with van der Waals surface area (Å²) in [5, 5.41) is 6.47. The van der Waals surface area contributed by atoms with Crippen LogP contribution in [0.15, 0.2) is 88.1 Å². The van der Waals surface area contributed by atoms with E-state index in [1.807, 2.05) is 25.1 Å². The number of fused-ring (bicyclic) bond motifs is 1. The van der Waals surface area contributed by atoms with Crippen molar-refractivity contribution in [2.75, 3.05) is 10.6 Å². The van der Waals surface area contributed by atoms with Gasteiger partial charge in [-0.1, -0.05) is 37.3 Å². The number of amides is 2. The second-order valence-corrected chi connectivity index (χ2v) is 7.39. The number of hydrogen-bond acceptors (Lipinski definition) is 4. The number of para-hydroxylation sites is 1. The van der Waals surface area contributed by atoms with Gasteiger partial charge in [-0.05, 0) is 60.5 Å². The van der Waals surface area contributed by atoms with Crippen LogP contribution in [0.1, 0.15) is 30.1 Å². The minimum atomic E-state index is -0.424. The molecule has 0 aliphatic rings. The summed E-state index contributed by atoms with van der Waals surface area (Å²) in [6, 6.07) is 22.8. The summed E-state index contributed by atoms with van der Waals surface area (Å²) >= 11 is 0. The molecule has 2 amide bonds. The Bertz CT molecular complexity index is 1320. The molecule has 0 radical (unpaired) electrons. The predicted molar refractivity (Wildman–Crippen MR) is 126 cm³/mol. The van der Waals surface area contributed by atoms with E-state index in [2.05, 4.69) is 10.6 Å². The Hall–Kier alpha value is -4.19. The zero-order valence-corrected chi connectivity index (χ0v) is 17.6.